The highest BCUT2D eigenvalue weighted by Gasteiger charge is 2.28. The molecule has 1 aromatic rings. The van der Waals surface area contributed by atoms with E-state index in [1.807, 2.05) is 0 Å². The number of carbonyl (C=O) groups is 1. The Labute approximate surface area is 129 Å². The normalized spacial score (nSPS) is 23.1. The Bertz CT molecular complexity index is 621. The van der Waals surface area contributed by atoms with Crippen LogP contribution in [0.2, 0.25) is 0 Å². The first kappa shape index (κ1) is 16.5. The van der Waals surface area contributed by atoms with Crippen molar-refractivity contribution >= 4 is 27.3 Å². The zero-order chi connectivity index (χ0) is 15.6. The van der Waals surface area contributed by atoms with E-state index in [2.05, 4.69) is 11.6 Å². The fourth-order valence-corrected chi connectivity index (χ4v) is 5.60. The number of sulfonamides is 1. The van der Waals surface area contributed by atoms with Crippen LogP contribution in [0.4, 0.5) is 0 Å². The van der Waals surface area contributed by atoms with Gasteiger partial charge in [-0.3, -0.25) is 0 Å². The maximum absolute atomic E-state index is 12.5. The Morgan fingerprint density at radius 3 is 2.76 bits per heavy atom. The lowest BCUT2D eigenvalue weighted by atomic mass is 9.85. The molecule has 0 bridgehead atoms. The van der Waals surface area contributed by atoms with Gasteiger partial charge in [0.1, 0.15) is 4.88 Å². The summed E-state index contributed by atoms with van der Waals surface area (Å²) in [5.41, 5.74) is 0. The summed E-state index contributed by atoms with van der Waals surface area (Å²) < 4.78 is 27.7. The van der Waals surface area contributed by atoms with E-state index in [0.29, 0.717) is 10.8 Å². The molecule has 118 valence electrons. The SMILES string of the molecule is CCC1CCCC(NS(=O)(=O)c2cc(C(=O)O)sc2C)C1. The van der Waals surface area contributed by atoms with Gasteiger partial charge < -0.3 is 5.11 Å². The predicted octanol–water partition coefficient (Wildman–Crippen LogP) is 3.00. The standard InChI is InChI=1S/C14H21NO4S2/c1-3-10-5-4-6-11(7-10)15-21(18,19)13-8-12(14(16)17)20-9(13)2/h8,10-11,15H,3-7H2,1-2H3,(H,16,17). The minimum atomic E-state index is -3.64. The van der Waals surface area contributed by atoms with Crippen molar-refractivity contribution in [1.82, 2.24) is 4.72 Å². The fraction of sp³-hybridized carbons (Fsp3) is 0.643. The maximum Gasteiger partial charge on any atom is 0.345 e. The molecule has 1 fully saturated rings. The number of rotatable bonds is 5. The van der Waals surface area contributed by atoms with Crippen molar-refractivity contribution in [2.24, 2.45) is 5.92 Å². The summed E-state index contributed by atoms with van der Waals surface area (Å²) in [6.45, 7) is 3.77. The summed E-state index contributed by atoms with van der Waals surface area (Å²) in [5.74, 6) is -0.516. The minimum absolute atomic E-state index is 0.0405. The molecule has 7 heteroatoms. The van der Waals surface area contributed by atoms with Crippen molar-refractivity contribution < 1.29 is 18.3 Å². The Kier molecular flexibility index (Phi) is 5.06. The number of hydrogen-bond donors (Lipinski definition) is 2. The number of aromatic carboxylic acids is 1. The number of nitrogens with one attached hydrogen (secondary N) is 1. The summed E-state index contributed by atoms with van der Waals surface area (Å²) in [4.78, 5) is 11.6. The van der Waals surface area contributed by atoms with Gasteiger partial charge in [-0.1, -0.05) is 26.2 Å². The number of aryl methyl sites for hydroxylation is 1. The van der Waals surface area contributed by atoms with Crippen LogP contribution in [-0.2, 0) is 10.0 Å². The van der Waals surface area contributed by atoms with Gasteiger partial charge in [-0.2, -0.15) is 0 Å². The molecule has 0 amide bonds. The molecule has 1 aliphatic carbocycles. The lowest BCUT2D eigenvalue weighted by Gasteiger charge is -2.28. The molecule has 5 nitrogen and oxygen atoms in total. The molecule has 0 aromatic carbocycles. The Morgan fingerprint density at radius 2 is 2.19 bits per heavy atom. The summed E-state index contributed by atoms with van der Waals surface area (Å²) in [7, 11) is -3.64. The van der Waals surface area contributed by atoms with Crippen LogP contribution in [0.5, 0.6) is 0 Å². The lowest BCUT2D eigenvalue weighted by molar-refractivity contribution is 0.0702. The van der Waals surface area contributed by atoms with Crippen molar-refractivity contribution in [2.45, 2.75) is 56.9 Å². The highest BCUT2D eigenvalue weighted by molar-refractivity contribution is 7.89. The molecule has 1 saturated carbocycles. The molecule has 2 unspecified atom stereocenters. The molecule has 0 spiro atoms. The van der Waals surface area contributed by atoms with E-state index in [1.54, 1.807) is 6.92 Å². The van der Waals surface area contributed by atoms with Gasteiger partial charge in [0.05, 0.1) is 4.90 Å². The maximum atomic E-state index is 12.5. The van der Waals surface area contributed by atoms with Gasteiger partial charge in [0.15, 0.2) is 0 Å². The topological polar surface area (TPSA) is 83.5 Å². The smallest absolute Gasteiger partial charge is 0.345 e. The molecule has 2 atom stereocenters. The molecule has 2 N–H and O–H groups in total. The lowest BCUT2D eigenvalue weighted by Crippen LogP contribution is -2.38. The van der Waals surface area contributed by atoms with Gasteiger partial charge in [0, 0.05) is 10.9 Å². The van der Waals surface area contributed by atoms with Gasteiger partial charge in [0.25, 0.3) is 0 Å². The second-order valence-electron chi connectivity index (χ2n) is 5.60. The molecule has 0 saturated heterocycles. The highest BCUT2D eigenvalue weighted by atomic mass is 32.2. The zero-order valence-corrected chi connectivity index (χ0v) is 13.9. The molecule has 2 rings (SSSR count). The first-order valence-corrected chi connectivity index (χ1v) is 9.49. The van der Waals surface area contributed by atoms with Gasteiger partial charge in [-0.15, -0.1) is 11.3 Å². The van der Waals surface area contributed by atoms with Crippen LogP contribution in [0, 0.1) is 12.8 Å². The molecule has 0 radical (unpaired) electrons. The molecule has 1 aliphatic rings. The van der Waals surface area contributed by atoms with Gasteiger partial charge in [-0.05, 0) is 31.7 Å². The second-order valence-corrected chi connectivity index (χ2v) is 8.53. The first-order valence-electron chi connectivity index (χ1n) is 7.19. The second kappa shape index (κ2) is 6.46. The largest absolute Gasteiger partial charge is 0.477 e. The summed E-state index contributed by atoms with van der Waals surface area (Å²) >= 11 is 0.998. The highest BCUT2D eigenvalue weighted by Crippen LogP contribution is 2.30. The monoisotopic (exact) mass is 331 g/mol. The Morgan fingerprint density at radius 1 is 1.48 bits per heavy atom. The van der Waals surface area contributed by atoms with Crippen molar-refractivity contribution in [3.05, 3.63) is 15.8 Å². The van der Waals surface area contributed by atoms with E-state index in [1.165, 1.54) is 6.07 Å². The van der Waals surface area contributed by atoms with E-state index >= 15 is 0 Å². The van der Waals surface area contributed by atoms with E-state index < -0.39 is 16.0 Å². The Hall–Kier alpha value is -0.920. The van der Waals surface area contributed by atoms with Gasteiger partial charge in [-0.25, -0.2) is 17.9 Å². The van der Waals surface area contributed by atoms with Gasteiger partial charge >= 0.3 is 5.97 Å². The van der Waals surface area contributed by atoms with Crippen LogP contribution in [0.15, 0.2) is 11.0 Å². The Balaban J connectivity index is 2.16. The quantitative estimate of drug-likeness (QED) is 0.869. The molecular formula is C14H21NO4S2. The average molecular weight is 331 g/mol. The first-order chi connectivity index (χ1) is 9.83. The van der Waals surface area contributed by atoms with Gasteiger partial charge in [0.2, 0.25) is 10.0 Å². The van der Waals surface area contributed by atoms with Crippen molar-refractivity contribution in [1.29, 1.82) is 0 Å². The third-order valence-electron chi connectivity index (χ3n) is 4.05. The number of carboxylic acid groups (broad SMARTS) is 1. The van der Waals surface area contributed by atoms with E-state index in [4.69, 9.17) is 5.11 Å². The minimum Gasteiger partial charge on any atom is -0.477 e. The number of thiophene rings is 1. The summed E-state index contributed by atoms with van der Waals surface area (Å²) in [6.07, 6.45) is 4.98. The summed E-state index contributed by atoms with van der Waals surface area (Å²) in [6, 6.07) is 1.21. The van der Waals surface area contributed by atoms with Crippen molar-refractivity contribution in [3.63, 3.8) is 0 Å². The van der Waals surface area contributed by atoms with Crippen LogP contribution < -0.4 is 4.72 Å². The van der Waals surface area contributed by atoms with E-state index in [-0.39, 0.29) is 15.8 Å². The third kappa shape index (κ3) is 3.84. The van der Waals surface area contributed by atoms with Crippen LogP contribution in [0.25, 0.3) is 0 Å². The van der Waals surface area contributed by atoms with Crippen molar-refractivity contribution in [3.8, 4) is 0 Å². The molecule has 0 aliphatic heterocycles. The molecule has 1 aromatic heterocycles. The van der Waals surface area contributed by atoms with Crippen LogP contribution in [0.3, 0.4) is 0 Å². The number of hydrogen-bond acceptors (Lipinski definition) is 4. The molecule has 21 heavy (non-hydrogen) atoms. The fourth-order valence-electron chi connectivity index (χ4n) is 2.89. The summed E-state index contributed by atoms with van der Waals surface area (Å²) in [5, 5.41) is 8.97. The van der Waals surface area contributed by atoms with Crippen LogP contribution in [-0.4, -0.2) is 25.5 Å². The molecule has 1 heterocycles. The van der Waals surface area contributed by atoms with Crippen molar-refractivity contribution in [2.75, 3.05) is 0 Å². The van der Waals surface area contributed by atoms with Crippen LogP contribution >= 0.6 is 11.3 Å². The number of carboxylic acids is 1. The van der Waals surface area contributed by atoms with E-state index in [0.717, 1.165) is 43.4 Å². The zero-order valence-electron chi connectivity index (χ0n) is 12.3. The van der Waals surface area contributed by atoms with E-state index in [9.17, 15) is 13.2 Å². The predicted molar refractivity (Wildman–Crippen MR) is 82.4 cm³/mol. The molecular weight excluding hydrogens is 310 g/mol. The van der Waals surface area contributed by atoms with Crippen LogP contribution in [0.1, 0.15) is 53.6 Å². The average Bonchev–Trinajstić information content (AvgIpc) is 2.81. The third-order valence-corrected chi connectivity index (χ3v) is 6.87.